The van der Waals surface area contributed by atoms with Crippen molar-refractivity contribution in [3.05, 3.63) is 52.7 Å². The van der Waals surface area contributed by atoms with Gasteiger partial charge < -0.3 is 9.84 Å². The predicted octanol–water partition coefficient (Wildman–Crippen LogP) is 3.89. The average molecular weight is 264 g/mol. The first-order valence-electron chi connectivity index (χ1n) is 5.64. The van der Waals surface area contributed by atoms with E-state index < -0.39 is 6.10 Å². The van der Waals surface area contributed by atoms with Crippen molar-refractivity contribution in [3.63, 3.8) is 0 Å². The van der Waals surface area contributed by atoms with E-state index in [1.807, 2.05) is 19.1 Å². The minimum Gasteiger partial charge on any atom is -0.439 e. The van der Waals surface area contributed by atoms with E-state index in [1.54, 1.807) is 31.3 Å². The zero-order valence-corrected chi connectivity index (χ0v) is 11.0. The molecule has 94 valence electrons. The lowest BCUT2D eigenvalue weighted by molar-refractivity contribution is 0.198. The third-order valence-corrected chi connectivity index (χ3v) is 2.84. The number of aryl methyl sites for hydroxylation is 1. The van der Waals surface area contributed by atoms with Crippen LogP contribution in [0.5, 0.6) is 11.6 Å². The fraction of sp³-hybridized carbons (Fsp3) is 0.214. The fourth-order valence-corrected chi connectivity index (χ4v) is 1.66. The molecular formula is C14H14ClNO2. The van der Waals surface area contributed by atoms with Crippen LogP contribution < -0.4 is 4.74 Å². The first-order chi connectivity index (χ1) is 8.56. The second-order valence-corrected chi connectivity index (χ2v) is 4.55. The van der Waals surface area contributed by atoms with Crippen LogP contribution in [-0.4, -0.2) is 10.1 Å². The molecule has 3 nitrogen and oxygen atoms in total. The summed E-state index contributed by atoms with van der Waals surface area (Å²) in [4.78, 5) is 4.14. The summed E-state index contributed by atoms with van der Waals surface area (Å²) in [5.74, 6) is 1.16. The lowest BCUT2D eigenvalue weighted by Gasteiger charge is -2.09. The molecule has 1 atom stereocenters. The first kappa shape index (κ1) is 12.9. The molecule has 4 heteroatoms. The molecule has 0 saturated carbocycles. The highest BCUT2D eigenvalue weighted by Crippen LogP contribution is 2.27. The van der Waals surface area contributed by atoms with Crippen LogP contribution in [0.25, 0.3) is 0 Å². The lowest BCUT2D eigenvalue weighted by atomic mass is 10.2. The Balaban J connectivity index is 2.21. The van der Waals surface area contributed by atoms with Crippen LogP contribution in [0.4, 0.5) is 0 Å². The van der Waals surface area contributed by atoms with Gasteiger partial charge in [-0.2, -0.15) is 0 Å². The number of hydrogen-bond acceptors (Lipinski definition) is 3. The number of aliphatic hydroxyl groups excluding tert-OH is 1. The number of pyridine rings is 1. The van der Waals surface area contributed by atoms with Crippen LogP contribution in [-0.2, 0) is 0 Å². The molecule has 1 aromatic heterocycles. The molecule has 1 heterocycles. The number of halogens is 1. The molecule has 0 bridgehead atoms. The van der Waals surface area contributed by atoms with E-state index in [-0.39, 0.29) is 0 Å². The van der Waals surface area contributed by atoms with Gasteiger partial charge >= 0.3 is 0 Å². The van der Waals surface area contributed by atoms with Gasteiger partial charge in [0.1, 0.15) is 5.75 Å². The minimum absolute atomic E-state index is 0.477. The van der Waals surface area contributed by atoms with Gasteiger partial charge in [-0.05, 0) is 43.2 Å². The highest BCUT2D eigenvalue weighted by molar-refractivity contribution is 6.30. The van der Waals surface area contributed by atoms with Crippen molar-refractivity contribution in [2.45, 2.75) is 20.0 Å². The Hall–Kier alpha value is -1.58. The van der Waals surface area contributed by atoms with Gasteiger partial charge in [0.15, 0.2) is 0 Å². The van der Waals surface area contributed by atoms with Crippen molar-refractivity contribution in [2.24, 2.45) is 0 Å². The maximum atomic E-state index is 9.39. The second kappa shape index (κ2) is 5.38. The maximum absolute atomic E-state index is 9.39. The highest BCUT2D eigenvalue weighted by atomic mass is 35.5. The number of rotatable bonds is 3. The van der Waals surface area contributed by atoms with Gasteiger partial charge in [0.2, 0.25) is 5.88 Å². The molecule has 18 heavy (non-hydrogen) atoms. The van der Waals surface area contributed by atoms with Crippen molar-refractivity contribution < 1.29 is 9.84 Å². The summed E-state index contributed by atoms with van der Waals surface area (Å²) in [6.07, 6.45) is 1.07. The van der Waals surface area contributed by atoms with E-state index in [4.69, 9.17) is 16.3 Å². The second-order valence-electron chi connectivity index (χ2n) is 4.12. The van der Waals surface area contributed by atoms with Gasteiger partial charge in [0.05, 0.1) is 6.10 Å². The van der Waals surface area contributed by atoms with E-state index in [0.717, 1.165) is 11.1 Å². The molecule has 0 radical (unpaired) electrons. The number of ether oxygens (including phenoxy) is 1. The fourth-order valence-electron chi connectivity index (χ4n) is 1.50. The summed E-state index contributed by atoms with van der Waals surface area (Å²) in [5, 5.41) is 10.0. The molecule has 0 amide bonds. The van der Waals surface area contributed by atoms with E-state index in [1.165, 1.54) is 0 Å². The molecule has 0 saturated heterocycles. The Morgan fingerprint density at radius 2 is 2.06 bits per heavy atom. The summed E-state index contributed by atoms with van der Waals surface area (Å²) in [7, 11) is 0. The Kier molecular flexibility index (Phi) is 3.84. The number of aliphatic hydroxyl groups is 1. The Morgan fingerprint density at radius 3 is 2.67 bits per heavy atom. The molecule has 1 N–H and O–H groups in total. The monoisotopic (exact) mass is 263 g/mol. The topological polar surface area (TPSA) is 42.4 Å². The zero-order chi connectivity index (χ0) is 13.1. The van der Waals surface area contributed by atoms with Gasteiger partial charge in [-0.25, -0.2) is 4.98 Å². The first-order valence-corrected chi connectivity index (χ1v) is 6.02. The van der Waals surface area contributed by atoms with Crippen LogP contribution in [0.3, 0.4) is 0 Å². The van der Waals surface area contributed by atoms with Crippen LogP contribution in [0, 0.1) is 6.92 Å². The summed E-state index contributed by atoms with van der Waals surface area (Å²) in [5.41, 5.74) is 1.74. The molecular weight excluding hydrogens is 250 g/mol. The molecule has 2 rings (SSSR count). The summed E-state index contributed by atoms with van der Waals surface area (Å²) in [6, 6.07) is 8.96. The molecule has 0 aliphatic rings. The highest BCUT2D eigenvalue weighted by Gasteiger charge is 2.05. The molecule has 0 aliphatic heterocycles. The van der Waals surface area contributed by atoms with Crippen molar-refractivity contribution in [1.29, 1.82) is 0 Å². The standard InChI is InChI=1S/C14H14ClNO2/c1-9-3-5-12(15)7-13(9)18-14-6-4-11(8-16-14)10(2)17/h3-8,10,17H,1-2H3. The lowest BCUT2D eigenvalue weighted by Crippen LogP contribution is -1.94. The molecule has 2 aromatic rings. The molecule has 1 aromatic carbocycles. The van der Waals surface area contributed by atoms with E-state index in [2.05, 4.69) is 4.98 Å². The van der Waals surface area contributed by atoms with Gasteiger partial charge in [-0.15, -0.1) is 0 Å². The number of hydrogen-bond donors (Lipinski definition) is 1. The maximum Gasteiger partial charge on any atom is 0.219 e. The minimum atomic E-state index is -0.528. The zero-order valence-electron chi connectivity index (χ0n) is 10.2. The molecule has 0 aliphatic carbocycles. The summed E-state index contributed by atoms with van der Waals surface area (Å²) < 4.78 is 5.65. The number of nitrogens with zero attached hydrogens (tertiary/aromatic N) is 1. The van der Waals surface area contributed by atoms with Crippen LogP contribution in [0.15, 0.2) is 36.5 Å². The van der Waals surface area contributed by atoms with Crippen molar-refractivity contribution in [2.75, 3.05) is 0 Å². The normalized spacial score (nSPS) is 12.2. The van der Waals surface area contributed by atoms with Crippen molar-refractivity contribution in [3.8, 4) is 11.6 Å². The Morgan fingerprint density at radius 1 is 1.28 bits per heavy atom. The van der Waals surface area contributed by atoms with Crippen LogP contribution in [0.2, 0.25) is 5.02 Å². The Labute approximate surface area is 111 Å². The van der Waals surface area contributed by atoms with Gasteiger partial charge in [-0.3, -0.25) is 0 Å². The van der Waals surface area contributed by atoms with Crippen LogP contribution >= 0.6 is 11.6 Å². The molecule has 0 spiro atoms. The largest absolute Gasteiger partial charge is 0.439 e. The smallest absolute Gasteiger partial charge is 0.219 e. The third kappa shape index (κ3) is 3.00. The van der Waals surface area contributed by atoms with E-state index in [9.17, 15) is 5.11 Å². The van der Waals surface area contributed by atoms with Crippen molar-refractivity contribution in [1.82, 2.24) is 4.98 Å². The van der Waals surface area contributed by atoms with E-state index in [0.29, 0.717) is 16.7 Å². The molecule has 0 fully saturated rings. The predicted molar refractivity (Wildman–Crippen MR) is 71.1 cm³/mol. The summed E-state index contributed by atoms with van der Waals surface area (Å²) >= 11 is 5.92. The molecule has 1 unspecified atom stereocenters. The van der Waals surface area contributed by atoms with Gasteiger partial charge in [-0.1, -0.05) is 17.7 Å². The van der Waals surface area contributed by atoms with E-state index >= 15 is 0 Å². The van der Waals surface area contributed by atoms with Gasteiger partial charge in [0.25, 0.3) is 0 Å². The average Bonchev–Trinajstić information content (AvgIpc) is 2.34. The summed E-state index contributed by atoms with van der Waals surface area (Å²) in [6.45, 7) is 3.63. The number of aromatic nitrogens is 1. The SMILES string of the molecule is Cc1ccc(Cl)cc1Oc1ccc(C(C)O)cn1. The van der Waals surface area contributed by atoms with Crippen LogP contribution in [0.1, 0.15) is 24.2 Å². The Bertz CT molecular complexity index is 538. The number of benzene rings is 1. The quantitative estimate of drug-likeness (QED) is 0.914. The third-order valence-electron chi connectivity index (χ3n) is 2.61. The van der Waals surface area contributed by atoms with Crippen molar-refractivity contribution >= 4 is 11.6 Å². The van der Waals surface area contributed by atoms with Gasteiger partial charge in [0, 0.05) is 17.3 Å².